The normalized spacial score (nSPS) is 14.9. The molecule has 1 saturated heterocycles. The summed E-state index contributed by atoms with van der Waals surface area (Å²) < 4.78 is 0. The molecule has 28 heavy (non-hydrogen) atoms. The van der Waals surface area contributed by atoms with Gasteiger partial charge in [0.1, 0.15) is 5.82 Å². The van der Waals surface area contributed by atoms with Crippen molar-refractivity contribution in [3.8, 4) is 6.07 Å². The maximum atomic E-state index is 8.78. The number of hydrogen-bond donors (Lipinski definition) is 1. The number of likely N-dealkylation sites (N-methyl/N-ethyl adjacent to an activating group) is 1. The number of allylic oxidation sites excluding steroid dienone is 1. The van der Waals surface area contributed by atoms with Crippen molar-refractivity contribution in [1.29, 1.82) is 5.26 Å². The van der Waals surface area contributed by atoms with Crippen LogP contribution in [0.25, 0.3) is 6.08 Å². The monoisotopic (exact) mass is 377 g/mol. The molecular formula is C21H27N7. The topological polar surface area (TPSA) is 71.3 Å². The highest BCUT2D eigenvalue weighted by molar-refractivity contribution is 5.67. The van der Waals surface area contributed by atoms with Crippen LogP contribution in [0.5, 0.6) is 0 Å². The molecule has 0 radical (unpaired) electrons. The first-order valence-corrected chi connectivity index (χ1v) is 9.55. The van der Waals surface area contributed by atoms with Crippen LogP contribution < -0.4 is 15.1 Å². The molecule has 0 amide bonds. The summed E-state index contributed by atoms with van der Waals surface area (Å²) in [4.78, 5) is 15.8. The Morgan fingerprint density at radius 3 is 2.57 bits per heavy atom. The fourth-order valence-corrected chi connectivity index (χ4v) is 3.09. The molecule has 0 aliphatic carbocycles. The summed E-state index contributed by atoms with van der Waals surface area (Å²) in [6.45, 7) is 7.16. The molecule has 2 aromatic rings. The number of piperazine rings is 1. The van der Waals surface area contributed by atoms with Gasteiger partial charge in [0.05, 0.1) is 6.07 Å². The molecule has 1 aliphatic heterocycles. The quantitative estimate of drug-likeness (QED) is 0.776. The fraction of sp³-hybridized carbons (Fsp3) is 0.381. The molecule has 0 bridgehead atoms. The zero-order chi connectivity index (χ0) is 19.9. The lowest BCUT2D eigenvalue weighted by Gasteiger charge is -2.34. The van der Waals surface area contributed by atoms with Gasteiger partial charge < -0.3 is 20.0 Å². The van der Waals surface area contributed by atoms with Crippen LogP contribution in [-0.2, 0) is 0 Å². The van der Waals surface area contributed by atoms with Crippen molar-refractivity contribution < 1.29 is 0 Å². The summed E-state index contributed by atoms with van der Waals surface area (Å²) in [6.07, 6.45) is 4.91. The Balaban J connectivity index is 1.74. The molecule has 0 atom stereocenters. The Bertz CT molecular complexity index is 846. The van der Waals surface area contributed by atoms with Gasteiger partial charge in [0.25, 0.3) is 0 Å². The van der Waals surface area contributed by atoms with E-state index in [4.69, 9.17) is 5.26 Å². The minimum absolute atomic E-state index is 0.539. The SMILES string of the molecule is CCN(C)c1nc(Nc2ccc(N3CCN(C)CC3)cc2)ncc1C=CC#N. The van der Waals surface area contributed by atoms with E-state index in [1.165, 1.54) is 11.8 Å². The lowest BCUT2D eigenvalue weighted by molar-refractivity contribution is 0.313. The smallest absolute Gasteiger partial charge is 0.229 e. The van der Waals surface area contributed by atoms with Crippen LogP contribution in [0.1, 0.15) is 12.5 Å². The van der Waals surface area contributed by atoms with Gasteiger partial charge in [-0.2, -0.15) is 10.2 Å². The summed E-state index contributed by atoms with van der Waals surface area (Å²) >= 11 is 0. The Morgan fingerprint density at radius 2 is 1.93 bits per heavy atom. The van der Waals surface area contributed by atoms with Crippen molar-refractivity contribution >= 4 is 29.2 Å². The van der Waals surface area contributed by atoms with E-state index in [9.17, 15) is 0 Å². The van der Waals surface area contributed by atoms with Crippen molar-refractivity contribution in [3.05, 3.63) is 42.1 Å². The number of hydrogen-bond acceptors (Lipinski definition) is 7. The van der Waals surface area contributed by atoms with Gasteiger partial charge in [-0.15, -0.1) is 0 Å². The zero-order valence-corrected chi connectivity index (χ0v) is 16.8. The molecule has 7 nitrogen and oxygen atoms in total. The third-order valence-corrected chi connectivity index (χ3v) is 4.96. The van der Waals surface area contributed by atoms with Crippen LogP contribution in [0.15, 0.2) is 36.5 Å². The second-order valence-corrected chi connectivity index (χ2v) is 6.91. The third kappa shape index (κ3) is 4.78. The largest absolute Gasteiger partial charge is 0.369 e. The lowest BCUT2D eigenvalue weighted by Crippen LogP contribution is -2.44. The van der Waals surface area contributed by atoms with Gasteiger partial charge in [0, 0.05) is 69.0 Å². The highest BCUT2D eigenvalue weighted by Crippen LogP contribution is 2.23. The minimum Gasteiger partial charge on any atom is -0.369 e. The van der Waals surface area contributed by atoms with Crippen LogP contribution in [0.2, 0.25) is 0 Å². The number of nitriles is 1. The molecule has 1 N–H and O–H groups in total. The maximum Gasteiger partial charge on any atom is 0.229 e. The van der Waals surface area contributed by atoms with E-state index in [2.05, 4.69) is 63.3 Å². The predicted octanol–water partition coefficient (Wildman–Crippen LogP) is 2.96. The Labute approximate surface area is 166 Å². The number of aromatic nitrogens is 2. The zero-order valence-electron chi connectivity index (χ0n) is 16.8. The van der Waals surface area contributed by atoms with Gasteiger partial charge in [-0.05, 0) is 44.3 Å². The summed E-state index contributed by atoms with van der Waals surface area (Å²) in [5.74, 6) is 1.33. The minimum atomic E-state index is 0.539. The second kappa shape index (κ2) is 9.20. The number of benzene rings is 1. The number of anilines is 4. The average Bonchev–Trinajstić information content (AvgIpc) is 2.73. The first-order chi connectivity index (χ1) is 13.6. The van der Waals surface area contributed by atoms with Crippen molar-refractivity contribution in [2.75, 3.05) is 61.9 Å². The highest BCUT2D eigenvalue weighted by atomic mass is 15.2. The first kappa shape index (κ1) is 19.6. The fourth-order valence-electron chi connectivity index (χ4n) is 3.09. The summed E-state index contributed by atoms with van der Waals surface area (Å²) in [5.41, 5.74) is 3.01. The van der Waals surface area contributed by atoms with Crippen LogP contribution >= 0.6 is 0 Å². The molecule has 3 rings (SSSR count). The van der Waals surface area contributed by atoms with E-state index in [1.54, 1.807) is 12.3 Å². The van der Waals surface area contributed by atoms with Crippen LogP contribution in [-0.4, -0.2) is 61.7 Å². The molecule has 0 spiro atoms. The molecule has 1 aliphatic rings. The predicted molar refractivity (Wildman–Crippen MR) is 115 cm³/mol. The number of nitrogens with zero attached hydrogens (tertiary/aromatic N) is 6. The van der Waals surface area contributed by atoms with E-state index < -0.39 is 0 Å². The molecule has 1 aromatic carbocycles. The van der Waals surface area contributed by atoms with E-state index in [0.29, 0.717) is 5.95 Å². The van der Waals surface area contributed by atoms with Crippen molar-refractivity contribution in [1.82, 2.24) is 14.9 Å². The van der Waals surface area contributed by atoms with Gasteiger partial charge >= 0.3 is 0 Å². The molecule has 1 fully saturated rings. The third-order valence-electron chi connectivity index (χ3n) is 4.96. The Hall–Kier alpha value is -3.11. The second-order valence-electron chi connectivity index (χ2n) is 6.91. The van der Waals surface area contributed by atoms with E-state index in [0.717, 1.165) is 49.8 Å². The molecule has 0 unspecified atom stereocenters. The van der Waals surface area contributed by atoms with E-state index >= 15 is 0 Å². The van der Waals surface area contributed by atoms with Gasteiger partial charge in [0.2, 0.25) is 5.95 Å². The van der Waals surface area contributed by atoms with E-state index in [-0.39, 0.29) is 0 Å². The van der Waals surface area contributed by atoms with Crippen LogP contribution in [0, 0.1) is 11.3 Å². The molecule has 7 heteroatoms. The van der Waals surface area contributed by atoms with Gasteiger partial charge in [0.15, 0.2) is 0 Å². The lowest BCUT2D eigenvalue weighted by atomic mass is 10.2. The van der Waals surface area contributed by atoms with Crippen LogP contribution in [0.3, 0.4) is 0 Å². The maximum absolute atomic E-state index is 8.78. The van der Waals surface area contributed by atoms with Crippen molar-refractivity contribution in [2.45, 2.75) is 6.92 Å². The summed E-state index contributed by atoms with van der Waals surface area (Å²) in [5, 5.41) is 12.1. The molecule has 1 aromatic heterocycles. The number of rotatable bonds is 6. The average molecular weight is 377 g/mol. The summed E-state index contributed by atoms with van der Waals surface area (Å²) in [7, 11) is 4.14. The van der Waals surface area contributed by atoms with E-state index in [1.807, 2.05) is 18.0 Å². The molecular weight excluding hydrogens is 350 g/mol. The first-order valence-electron chi connectivity index (χ1n) is 9.55. The van der Waals surface area contributed by atoms with Crippen molar-refractivity contribution in [2.24, 2.45) is 0 Å². The molecule has 0 saturated carbocycles. The Morgan fingerprint density at radius 1 is 1.21 bits per heavy atom. The van der Waals surface area contributed by atoms with Gasteiger partial charge in [-0.25, -0.2) is 4.98 Å². The van der Waals surface area contributed by atoms with Gasteiger partial charge in [-0.3, -0.25) is 0 Å². The number of nitrogens with one attached hydrogen (secondary N) is 1. The van der Waals surface area contributed by atoms with Gasteiger partial charge in [-0.1, -0.05) is 0 Å². The summed E-state index contributed by atoms with van der Waals surface area (Å²) in [6, 6.07) is 10.4. The van der Waals surface area contributed by atoms with Crippen molar-refractivity contribution in [3.63, 3.8) is 0 Å². The standard InChI is InChI=1S/C21H27N7/c1-4-27(3)20-17(6-5-11-22)16-23-21(25-20)24-18-7-9-19(10-8-18)28-14-12-26(2)13-15-28/h5-10,16H,4,12-15H2,1-3H3,(H,23,24,25). The van der Waals surface area contributed by atoms with Crippen LogP contribution in [0.4, 0.5) is 23.1 Å². The molecule has 146 valence electrons. The Kier molecular flexibility index (Phi) is 6.45. The molecule has 2 heterocycles. The highest BCUT2D eigenvalue weighted by Gasteiger charge is 2.14.